The molecule has 0 fully saturated rings. The number of hydrogen-bond acceptors (Lipinski definition) is 8. The summed E-state index contributed by atoms with van der Waals surface area (Å²) in [6.45, 7) is 0.385. The number of benzene rings is 3. The van der Waals surface area contributed by atoms with E-state index in [1.807, 2.05) is 47.4 Å². The molecule has 0 radical (unpaired) electrons. The summed E-state index contributed by atoms with van der Waals surface area (Å²) in [5, 5.41) is 0.522. The molecule has 0 saturated carbocycles. The highest BCUT2D eigenvalue weighted by Crippen LogP contribution is 2.40. The Bertz CT molecular complexity index is 1750. The lowest BCUT2D eigenvalue weighted by molar-refractivity contribution is -0.673. The molecule has 1 atom stereocenters. The Labute approximate surface area is 244 Å². The van der Waals surface area contributed by atoms with E-state index in [-0.39, 0.29) is 13.2 Å². The zero-order valence-electron chi connectivity index (χ0n) is 21.5. The highest BCUT2D eigenvalue weighted by Gasteiger charge is 2.26. The quantitative estimate of drug-likeness (QED) is 0.108. The van der Waals surface area contributed by atoms with Crippen LogP contribution in [-0.4, -0.2) is 40.6 Å². The van der Waals surface area contributed by atoms with E-state index < -0.39 is 27.2 Å². The maximum absolute atomic E-state index is 11.5. The summed E-state index contributed by atoms with van der Waals surface area (Å²) in [6.07, 6.45) is 5.48. The van der Waals surface area contributed by atoms with Crippen LogP contribution in [0.4, 0.5) is 5.69 Å². The molecule has 13 heteroatoms. The van der Waals surface area contributed by atoms with Gasteiger partial charge in [0.1, 0.15) is 10.1 Å². The van der Waals surface area contributed by atoms with Crippen molar-refractivity contribution in [1.29, 1.82) is 0 Å². The van der Waals surface area contributed by atoms with Crippen LogP contribution in [0.15, 0.2) is 89.2 Å². The summed E-state index contributed by atoms with van der Waals surface area (Å²) in [7, 11) is -4.47. The van der Waals surface area contributed by atoms with Gasteiger partial charge in [-0.25, -0.2) is 8.42 Å². The van der Waals surface area contributed by atoms with E-state index in [9.17, 15) is 17.2 Å². The zero-order chi connectivity index (χ0) is 29.0. The molecule has 0 amide bonds. The number of aromatic nitrogens is 1. The van der Waals surface area contributed by atoms with Crippen LogP contribution in [0, 0.1) is 0 Å². The second kappa shape index (κ2) is 12.6. The maximum Gasteiger partial charge on any atom is 0.374 e. The van der Waals surface area contributed by atoms with Crippen molar-refractivity contribution in [2.75, 3.05) is 23.8 Å². The number of nitrogens with zero attached hydrogens (tertiary/aromatic N) is 2. The Hall–Kier alpha value is -3.52. The molecule has 1 N–H and O–H groups in total. The van der Waals surface area contributed by atoms with Crippen LogP contribution < -0.4 is 14.2 Å². The van der Waals surface area contributed by atoms with Gasteiger partial charge in [-0.3, -0.25) is 8.74 Å². The molecule has 1 aliphatic rings. The number of allylic oxidation sites excluding steroid dienone is 2. The number of halogens is 1. The first-order valence-corrected chi connectivity index (χ1v) is 15.5. The fourth-order valence-corrected chi connectivity index (χ4v) is 5.30. The molecule has 5 rings (SSSR count). The number of ether oxygens (including phenoxy) is 1. The summed E-state index contributed by atoms with van der Waals surface area (Å²) in [5.41, 5.74) is 3.80. The van der Waals surface area contributed by atoms with Crippen molar-refractivity contribution in [1.82, 2.24) is 0 Å². The maximum atomic E-state index is 11.5. The van der Waals surface area contributed by atoms with Gasteiger partial charge in [0.2, 0.25) is 11.5 Å². The van der Waals surface area contributed by atoms with Gasteiger partial charge in [0.05, 0.1) is 24.1 Å². The third-order valence-corrected chi connectivity index (χ3v) is 7.57. The van der Waals surface area contributed by atoms with Crippen LogP contribution in [0.2, 0.25) is 5.02 Å². The summed E-state index contributed by atoms with van der Waals surface area (Å²) >= 11 is 3.85. The van der Waals surface area contributed by atoms with Crippen LogP contribution in [0.1, 0.15) is 12.3 Å². The average Bonchev–Trinajstić information content (AvgIpc) is 3.46. The molecule has 0 aliphatic carbocycles. The van der Waals surface area contributed by atoms with Crippen molar-refractivity contribution in [3.63, 3.8) is 0 Å². The summed E-state index contributed by atoms with van der Waals surface area (Å²) in [5.74, 6) is 0.806. The van der Waals surface area contributed by atoms with Crippen LogP contribution >= 0.6 is 11.6 Å². The molecular weight excluding hydrogens is 592 g/mol. The molecule has 1 aliphatic heterocycles. The number of anilines is 1. The molecular formula is C28H25ClN2O8S2. The van der Waals surface area contributed by atoms with Gasteiger partial charge in [-0.1, -0.05) is 48.0 Å². The van der Waals surface area contributed by atoms with Gasteiger partial charge >= 0.3 is 17.3 Å². The predicted octanol–water partition coefficient (Wildman–Crippen LogP) is 4.88. The van der Waals surface area contributed by atoms with Gasteiger partial charge in [0.15, 0.2) is 12.3 Å². The summed E-state index contributed by atoms with van der Waals surface area (Å²) < 4.78 is 72.5. The van der Waals surface area contributed by atoms with Crippen molar-refractivity contribution in [2.45, 2.75) is 13.0 Å². The van der Waals surface area contributed by atoms with Gasteiger partial charge in [0, 0.05) is 17.6 Å². The first kappa shape index (κ1) is 29.0. The van der Waals surface area contributed by atoms with Crippen molar-refractivity contribution in [2.24, 2.45) is 0 Å². The second-order valence-electron chi connectivity index (χ2n) is 9.02. The fourth-order valence-electron chi connectivity index (χ4n) is 4.46. The SMILES string of the molecule is O=S(O)OCCCN1C(=CC=Cc2oc3ccc(-c4ccccc4)cc3[n+]2CCS(=O)(=O)[O-])Oc2ccc(Cl)cc21. The van der Waals surface area contributed by atoms with Crippen LogP contribution in [0.25, 0.3) is 28.3 Å². The van der Waals surface area contributed by atoms with E-state index >= 15 is 0 Å². The lowest BCUT2D eigenvalue weighted by Crippen LogP contribution is -2.38. The Kier molecular flexibility index (Phi) is 8.88. The molecule has 1 unspecified atom stereocenters. The van der Waals surface area contributed by atoms with Gasteiger partial charge in [0.25, 0.3) is 5.52 Å². The zero-order valence-corrected chi connectivity index (χ0v) is 23.9. The predicted molar refractivity (Wildman–Crippen MR) is 154 cm³/mol. The standard InChI is InChI=1S/C28H25ClN2O8S2/c29-22-11-13-26-24(19-22)30(14-5-16-37-40(32)33)27(39-26)8-4-9-28-31(15-17-41(34,35)36)23-18-21(10-12-25(23)38-28)20-6-2-1-3-7-20/h1-4,6-13,18-19H,5,14-17H2,(H-,32,33,34,35,36). The Morgan fingerprint density at radius 3 is 2.66 bits per heavy atom. The third-order valence-electron chi connectivity index (χ3n) is 6.28. The van der Waals surface area contributed by atoms with Crippen molar-refractivity contribution in [3.8, 4) is 16.9 Å². The molecule has 10 nitrogen and oxygen atoms in total. The molecule has 2 heterocycles. The molecule has 1 aromatic heterocycles. The molecule has 3 aromatic carbocycles. The van der Waals surface area contributed by atoms with Crippen molar-refractivity contribution in [3.05, 3.63) is 95.7 Å². The fraction of sp³-hybridized carbons (Fsp3) is 0.179. The average molecular weight is 617 g/mol. The number of aryl methyl sites for hydroxylation is 1. The van der Waals surface area contributed by atoms with Crippen molar-refractivity contribution < 1.29 is 39.6 Å². The molecule has 0 bridgehead atoms. The third kappa shape index (κ3) is 7.22. The van der Waals surface area contributed by atoms with Crippen LogP contribution in [0.3, 0.4) is 0 Å². The molecule has 0 spiro atoms. The van der Waals surface area contributed by atoms with Gasteiger partial charge in [-0.2, -0.15) is 8.78 Å². The highest BCUT2D eigenvalue weighted by molar-refractivity contribution is 7.85. The summed E-state index contributed by atoms with van der Waals surface area (Å²) in [4.78, 5) is 1.86. The van der Waals surface area contributed by atoms with Crippen LogP contribution in [0.5, 0.6) is 5.75 Å². The number of rotatable bonds is 11. The van der Waals surface area contributed by atoms with E-state index in [2.05, 4.69) is 0 Å². The van der Waals surface area contributed by atoms with Crippen molar-refractivity contribution >= 4 is 55.9 Å². The minimum absolute atomic E-state index is 0.0607. The molecule has 0 saturated heterocycles. The normalized spacial score (nSPS) is 15.1. The van der Waals surface area contributed by atoms with Gasteiger partial charge < -0.3 is 18.6 Å². The number of hydrogen-bond donors (Lipinski definition) is 1. The lowest BCUT2D eigenvalue weighted by Gasteiger charge is -2.17. The monoisotopic (exact) mass is 616 g/mol. The smallest absolute Gasteiger partial charge is 0.374 e. The highest BCUT2D eigenvalue weighted by atomic mass is 35.5. The van der Waals surface area contributed by atoms with E-state index in [1.165, 1.54) is 0 Å². The number of fused-ring (bicyclic) bond motifs is 2. The largest absolute Gasteiger partial charge is 0.748 e. The minimum atomic E-state index is -4.47. The van der Waals surface area contributed by atoms with Gasteiger partial charge in [-0.05, 0) is 54.0 Å². The first-order valence-electron chi connectivity index (χ1n) is 12.5. The summed E-state index contributed by atoms with van der Waals surface area (Å²) in [6, 6.07) is 20.5. The topological polar surface area (TPSA) is 133 Å². The van der Waals surface area contributed by atoms with E-state index in [0.29, 0.717) is 46.6 Å². The Balaban J connectivity index is 1.46. The molecule has 41 heavy (non-hydrogen) atoms. The molecule has 214 valence electrons. The Morgan fingerprint density at radius 2 is 1.90 bits per heavy atom. The Morgan fingerprint density at radius 1 is 1.10 bits per heavy atom. The first-order chi connectivity index (χ1) is 19.7. The minimum Gasteiger partial charge on any atom is -0.748 e. The second-order valence-corrected chi connectivity index (χ2v) is 11.7. The van der Waals surface area contributed by atoms with E-state index in [4.69, 9.17) is 29.5 Å². The van der Waals surface area contributed by atoms with Crippen LogP contribution in [-0.2, 0) is 32.2 Å². The lowest BCUT2D eigenvalue weighted by atomic mass is 10.1. The van der Waals surface area contributed by atoms with E-state index in [1.54, 1.807) is 47.1 Å². The molecule has 4 aromatic rings. The van der Waals surface area contributed by atoms with E-state index in [0.717, 1.165) is 16.8 Å². The van der Waals surface area contributed by atoms with Gasteiger partial charge in [-0.15, -0.1) is 0 Å². The number of oxazole rings is 1.